The number of carbonyl (C=O) groups is 1. The lowest BCUT2D eigenvalue weighted by atomic mass is 9.99. The molecule has 0 bridgehead atoms. The average Bonchev–Trinajstić information content (AvgIpc) is 2.73. The molecule has 4 heteroatoms. The van der Waals surface area contributed by atoms with Gasteiger partial charge >= 0.3 is 0 Å². The lowest BCUT2D eigenvalue weighted by molar-refractivity contribution is 0.0285. The summed E-state index contributed by atoms with van der Waals surface area (Å²) in [5.41, 5.74) is 3.13. The van der Waals surface area contributed by atoms with Gasteiger partial charge in [0.15, 0.2) is 0 Å². The minimum atomic E-state index is -0.108. The average molecular weight is 359 g/mol. The lowest BCUT2D eigenvalue weighted by Gasteiger charge is -2.25. The van der Waals surface area contributed by atoms with E-state index in [0.29, 0.717) is 24.5 Å². The molecule has 1 heterocycles. The van der Waals surface area contributed by atoms with E-state index in [2.05, 4.69) is 17.4 Å². The zero-order valence-corrected chi connectivity index (χ0v) is 14.9. The maximum atomic E-state index is 12.4. The topological polar surface area (TPSA) is 47.6 Å². The van der Waals surface area contributed by atoms with Crippen LogP contribution in [-0.4, -0.2) is 18.6 Å². The quantitative estimate of drug-likeness (QED) is 0.737. The molecule has 0 spiro atoms. The van der Waals surface area contributed by atoms with Gasteiger partial charge in [-0.3, -0.25) is 4.79 Å². The predicted octanol–water partition coefficient (Wildman–Crippen LogP) is 4.35. The summed E-state index contributed by atoms with van der Waals surface area (Å²) in [5, 5.41) is 2.96. The third-order valence-electron chi connectivity index (χ3n) is 4.63. The summed E-state index contributed by atoms with van der Waals surface area (Å²) in [6, 6.07) is 25.0. The minimum absolute atomic E-state index is 0.00420. The summed E-state index contributed by atoms with van der Waals surface area (Å²) in [6.07, 6.45) is 0.824. The maximum absolute atomic E-state index is 12.4. The molecule has 1 aliphatic rings. The molecule has 0 aliphatic carbocycles. The Morgan fingerprint density at radius 3 is 2.33 bits per heavy atom. The van der Waals surface area contributed by atoms with Crippen molar-refractivity contribution in [2.45, 2.75) is 19.1 Å². The summed E-state index contributed by atoms with van der Waals surface area (Å²) in [4.78, 5) is 12.4. The fourth-order valence-electron chi connectivity index (χ4n) is 3.15. The van der Waals surface area contributed by atoms with Gasteiger partial charge in [0.1, 0.15) is 11.5 Å². The molecule has 0 aromatic heterocycles. The highest BCUT2D eigenvalue weighted by molar-refractivity contribution is 5.94. The molecule has 3 aromatic carbocycles. The maximum Gasteiger partial charge on any atom is 0.251 e. The second kappa shape index (κ2) is 8.06. The summed E-state index contributed by atoms with van der Waals surface area (Å²) in [7, 11) is 0. The Morgan fingerprint density at radius 2 is 1.56 bits per heavy atom. The number of hydrogen-bond acceptors (Lipinski definition) is 3. The SMILES string of the molecule is O=C(NCC1Cc2ccccc2CO1)c1ccc(Oc2ccccc2)cc1. The van der Waals surface area contributed by atoms with Crippen LogP contribution in [0.1, 0.15) is 21.5 Å². The van der Waals surface area contributed by atoms with Gasteiger partial charge in [-0.15, -0.1) is 0 Å². The van der Waals surface area contributed by atoms with E-state index >= 15 is 0 Å². The third kappa shape index (κ3) is 4.36. The molecule has 0 saturated heterocycles. The highest BCUT2D eigenvalue weighted by Gasteiger charge is 2.19. The van der Waals surface area contributed by atoms with Crippen LogP contribution in [0.15, 0.2) is 78.9 Å². The second-order valence-electron chi connectivity index (χ2n) is 6.56. The Balaban J connectivity index is 1.31. The lowest BCUT2D eigenvalue weighted by Crippen LogP contribution is -2.36. The van der Waals surface area contributed by atoms with Crippen LogP contribution in [0.25, 0.3) is 0 Å². The van der Waals surface area contributed by atoms with Crippen LogP contribution in [0.3, 0.4) is 0 Å². The predicted molar refractivity (Wildman–Crippen MR) is 104 cm³/mol. The highest BCUT2D eigenvalue weighted by Crippen LogP contribution is 2.22. The number of para-hydroxylation sites is 1. The van der Waals surface area contributed by atoms with Gasteiger partial charge in [0, 0.05) is 18.5 Å². The van der Waals surface area contributed by atoms with Crippen LogP contribution in [0.4, 0.5) is 0 Å². The van der Waals surface area contributed by atoms with Crippen LogP contribution in [-0.2, 0) is 17.8 Å². The van der Waals surface area contributed by atoms with E-state index in [4.69, 9.17) is 9.47 Å². The van der Waals surface area contributed by atoms with Crippen LogP contribution < -0.4 is 10.1 Å². The monoisotopic (exact) mass is 359 g/mol. The van der Waals surface area contributed by atoms with Crippen molar-refractivity contribution >= 4 is 5.91 Å². The number of amides is 1. The van der Waals surface area contributed by atoms with Crippen molar-refractivity contribution in [2.24, 2.45) is 0 Å². The third-order valence-corrected chi connectivity index (χ3v) is 4.63. The number of fused-ring (bicyclic) bond motifs is 1. The molecule has 1 atom stereocenters. The van der Waals surface area contributed by atoms with Gasteiger partial charge in [-0.25, -0.2) is 0 Å². The fourth-order valence-corrected chi connectivity index (χ4v) is 3.15. The Morgan fingerprint density at radius 1 is 0.889 bits per heavy atom. The molecule has 27 heavy (non-hydrogen) atoms. The van der Waals surface area contributed by atoms with E-state index in [1.54, 1.807) is 24.3 Å². The van der Waals surface area contributed by atoms with Gasteiger partial charge < -0.3 is 14.8 Å². The Kier molecular flexibility index (Phi) is 5.17. The van der Waals surface area contributed by atoms with Crippen molar-refractivity contribution in [3.8, 4) is 11.5 Å². The molecule has 3 aromatic rings. The van der Waals surface area contributed by atoms with Crippen LogP contribution >= 0.6 is 0 Å². The zero-order chi connectivity index (χ0) is 18.5. The molecular weight excluding hydrogens is 338 g/mol. The highest BCUT2D eigenvalue weighted by atomic mass is 16.5. The van der Waals surface area contributed by atoms with Crippen LogP contribution in [0, 0.1) is 0 Å². The van der Waals surface area contributed by atoms with Crippen molar-refractivity contribution in [1.82, 2.24) is 5.32 Å². The van der Waals surface area contributed by atoms with E-state index in [-0.39, 0.29) is 12.0 Å². The first-order valence-electron chi connectivity index (χ1n) is 9.07. The van der Waals surface area contributed by atoms with E-state index in [1.165, 1.54) is 11.1 Å². The molecule has 1 amide bonds. The Labute approximate surface area is 158 Å². The van der Waals surface area contributed by atoms with Gasteiger partial charge in [0.25, 0.3) is 5.91 Å². The van der Waals surface area contributed by atoms with E-state index in [9.17, 15) is 4.79 Å². The van der Waals surface area contributed by atoms with Crippen LogP contribution in [0.2, 0.25) is 0 Å². The van der Waals surface area contributed by atoms with Gasteiger partial charge in [-0.1, -0.05) is 42.5 Å². The summed E-state index contributed by atoms with van der Waals surface area (Å²) in [6.45, 7) is 1.09. The molecule has 1 unspecified atom stereocenters. The van der Waals surface area contributed by atoms with Gasteiger partial charge in [-0.2, -0.15) is 0 Å². The molecular formula is C23H21NO3. The van der Waals surface area contributed by atoms with E-state index in [0.717, 1.165) is 12.2 Å². The number of rotatable bonds is 5. The number of hydrogen-bond donors (Lipinski definition) is 1. The molecule has 0 saturated carbocycles. The van der Waals surface area contributed by atoms with Crippen LogP contribution in [0.5, 0.6) is 11.5 Å². The first-order valence-corrected chi connectivity index (χ1v) is 9.07. The standard InChI is InChI=1S/C23H21NO3/c25-23(24-15-22-14-18-6-4-5-7-19(18)16-26-22)17-10-12-21(13-11-17)27-20-8-2-1-3-9-20/h1-13,22H,14-16H2,(H,24,25). The van der Waals surface area contributed by atoms with Crippen molar-refractivity contribution in [3.05, 3.63) is 95.6 Å². The first-order chi connectivity index (χ1) is 13.3. The fraction of sp³-hybridized carbons (Fsp3) is 0.174. The van der Waals surface area contributed by atoms with Gasteiger partial charge in [0.2, 0.25) is 0 Å². The van der Waals surface area contributed by atoms with Crippen molar-refractivity contribution in [1.29, 1.82) is 0 Å². The molecule has 0 fully saturated rings. The first kappa shape index (κ1) is 17.3. The molecule has 1 aliphatic heterocycles. The summed E-state index contributed by atoms with van der Waals surface area (Å²) in [5.74, 6) is 1.36. The normalized spacial score (nSPS) is 15.6. The minimum Gasteiger partial charge on any atom is -0.457 e. The largest absolute Gasteiger partial charge is 0.457 e. The Bertz CT molecular complexity index is 906. The number of benzene rings is 3. The summed E-state index contributed by atoms with van der Waals surface area (Å²) < 4.78 is 11.6. The van der Waals surface area contributed by atoms with E-state index in [1.807, 2.05) is 42.5 Å². The molecule has 4 nitrogen and oxygen atoms in total. The van der Waals surface area contributed by atoms with E-state index < -0.39 is 0 Å². The number of nitrogens with one attached hydrogen (secondary N) is 1. The summed E-state index contributed by atoms with van der Waals surface area (Å²) >= 11 is 0. The van der Waals surface area contributed by atoms with Gasteiger partial charge in [0.05, 0.1) is 12.7 Å². The van der Waals surface area contributed by atoms with Crippen molar-refractivity contribution in [2.75, 3.05) is 6.54 Å². The molecule has 4 rings (SSSR count). The second-order valence-corrected chi connectivity index (χ2v) is 6.56. The molecule has 0 radical (unpaired) electrons. The van der Waals surface area contributed by atoms with Crippen molar-refractivity contribution in [3.63, 3.8) is 0 Å². The smallest absolute Gasteiger partial charge is 0.251 e. The molecule has 1 N–H and O–H groups in total. The van der Waals surface area contributed by atoms with Crippen molar-refractivity contribution < 1.29 is 14.3 Å². The Hall–Kier alpha value is -3.11. The number of ether oxygens (including phenoxy) is 2. The zero-order valence-electron chi connectivity index (χ0n) is 14.9. The number of carbonyl (C=O) groups excluding carboxylic acids is 1. The van der Waals surface area contributed by atoms with Gasteiger partial charge in [-0.05, 0) is 47.5 Å². The molecule has 136 valence electrons.